The van der Waals surface area contributed by atoms with Gasteiger partial charge in [0.15, 0.2) is 0 Å². The smallest absolute Gasteiger partial charge is 0.347 e. The Balaban J connectivity index is 2.26. The van der Waals surface area contributed by atoms with Crippen LogP contribution in [0.5, 0.6) is 0 Å². The third-order valence-electron chi connectivity index (χ3n) is 2.60. The van der Waals surface area contributed by atoms with E-state index in [0.29, 0.717) is 6.54 Å². The molecule has 0 radical (unpaired) electrons. The Bertz CT molecular complexity index is 431. The zero-order chi connectivity index (χ0) is 13.4. The van der Waals surface area contributed by atoms with Crippen molar-refractivity contribution < 1.29 is 9.90 Å². The fourth-order valence-electron chi connectivity index (χ4n) is 1.49. The van der Waals surface area contributed by atoms with Gasteiger partial charge < -0.3 is 10.4 Å². The van der Waals surface area contributed by atoms with Gasteiger partial charge >= 0.3 is 5.69 Å². The fraction of sp³-hybridized carbons (Fsp3) is 0.583. The molecule has 0 saturated heterocycles. The molecule has 0 spiro atoms. The molecule has 2 N–H and O–H groups in total. The van der Waals surface area contributed by atoms with E-state index >= 15 is 0 Å². The molecular weight excluding hydrogens is 234 g/mol. The van der Waals surface area contributed by atoms with Crippen molar-refractivity contribution in [2.24, 2.45) is 5.92 Å². The first-order chi connectivity index (χ1) is 8.63. The summed E-state index contributed by atoms with van der Waals surface area (Å²) in [6, 6.07) is 1.61. The van der Waals surface area contributed by atoms with Crippen LogP contribution in [0.1, 0.15) is 19.8 Å². The van der Waals surface area contributed by atoms with Crippen molar-refractivity contribution in [2.75, 3.05) is 13.2 Å². The molecule has 1 heterocycles. The van der Waals surface area contributed by atoms with Gasteiger partial charge in [0, 0.05) is 25.5 Å². The van der Waals surface area contributed by atoms with Crippen molar-refractivity contribution in [3.8, 4) is 0 Å². The summed E-state index contributed by atoms with van der Waals surface area (Å²) in [4.78, 5) is 26.4. The molecule has 0 fully saturated rings. The van der Waals surface area contributed by atoms with E-state index in [1.165, 1.54) is 17.0 Å². The number of nitrogens with zero attached hydrogens (tertiary/aromatic N) is 2. The van der Waals surface area contributed by atoms with Crippen molar-refractivity contribution in [2.45, 2.75) is 26.3 Å². The molecule has 6 heteroatoms. The zero-order valence-electron chi connectivity index (χ0n) is 10.5. The average Bonchev–Trinajstić information content (AvgIpc) is 2.37. The topological polar surface area (TPSA) is 84.2 Å². The van der Waals surface area contributed by atoms with Gasteiger partial charge in [0.05, 0.1) is 0 Å². The maximum Gasteiger partial charge on any atom is 0.347 e. The Hall–Kier alpha value is -1.69. The third kappa shape index (κ3) is 5.09. The van der Waals surface area contributed by atoms with E-state index in [2.05, 4.69) is 10.3 Å². The highest BCUT2D eigenvalue weighted by Gasteiger charge is 2.04. The van der Waals surface area contributed by atoms with Crippen LogP contribution in [0, 0.1) is 5.92 Å². The van der Waals surface area contributed by atoms with Gasteiger partial charge in [0.25, 0.3) is 0 Å². The Kier molecular flexibility index (Phi) is 6.07. The molecule has 1 aromatic rings. The summed E-state index contributed by atoms with van der Waals surface area (Å²) < 4.78 is 1.26. The van der Waals surface area contributed by atoms with E-state index in [9.17, 15) is 9.59 Å². The largest absolute Gasteiger partial charge is 0.396 e. The molecule has 1 rings (SSSR count). The Morgan fingerprint density at radius 1 is 1.61 bits per heavy atom. The van der Waals surface area contributed by atoms with Crippen LogP contribution in [0.2, 0.25) is 0 Å². The molecular formula is C12H19N3O3. The summed E-state index contributed by atoms with van der Waals surface area (Å²) in [6.07, 6.45) is 4.61. The van der Waals surface area contributed by atoms with Crippen molar-refractivity contribution >= 4 is 5.91 Å². The lowest BCUT2D eigenvalue weighted by atomic mass is 10.1. The Labute approximate surface area is 106 Å². The molecule has 1 aromatic heterocycles. The van der Waals surface area contributed by atoms with Crippen molar-refractivity contribution in [1.29, 1.82) is 0 Å². The minimum atomic E-state index is -0.429. The van der Waals surface area contributed by atoms with Crippen LogP contribution in [0.4, 0.5) is 0 Å². The summed E-state index contributed by atoms with van der Waals surface area (Å²) >= 11 is 0. The van der Waals surface area contributed by atoms with Gasteiger partial charge in [0.2, 0.25) is 5.91 Å². The number of hydrogen-bond acceptors (Lipinski definition) is 4. The molecule has 1 amide bonds. The van der Waals surface area contributed by atoms with E-state index in [-0.39, 0.29) is 25.0 Å². The minimum Gasteiger partial charge on any atom is -0.396 e. The van der Waals surface area contributed by atoms with Crippen LogP contribution in [0.25, 0.3) is 0 Å². The number of aliphatic hydroxyl groups is 1. The first-order valence-electron chi connectivity index (χ1n) is 6.02. The number of hydrogen-bond donors (Lipinski definition) is 2. The van der Waals surface area contributed by atoms with Crippen LogP contribution >= 0.6 is 0 Å². The number of nitrogens with one attached hydrogen (secondary N) is 1. The second-order valence-corrected chi connectivity index (χ2v) is 4.31. The van der Waals surface area contributed by atoms with Crippen LogP contribution < -0.4 is 11.0 Å². The highest BCUT2D eigenvalue weighted by atomic mass is 16.3. The average molecular weight is 253 g/mol. The number of amides is 1. The van der Waals surface area contributed by atoms with Gasteiger partial charge in [-0.3, -0.25) is 9.36 Å². The highest BCUT2D eigenvalue weighted by molar-refractivity contribution is 5.75. The van der Waals surface area contributed by atoms with Gasteiger partial charge in [-0.2, -0.15) is 0 Å². The summed E-state index contributed by atoms with van der Waals surface area (Å²) in [6.45, 7) is 2.66. The third-order valence-corrected chi connectivity index (χ3v) is 2.60. The fourth-order valence-corrected chi connectivity index (χ4v) is 1.49. The minimum absolute atomic E-state index is 0.0117. The molecule has 0 aliphatic carbocycles. The number of aliphatic hydroxyl groups excluding tert-OH is 1. The first kappa shape index (κ1) is 14.4. The van der Waals surface area contributed by atoms with Gasteiger partial charge in [-0.05, 0) is 24.8 Å². The molecule has 0 aromatic carbocycles. The Morgan fingerprint density at radius 2 is 2.39 bits per heavy atom. The summed E-state index contributed by atoms with van der Waals surface area (Å²) in [5, 5.41) is 11.6. The molecule has 6 nitrogen and oxygen atoms in total. The zero-order valence-corrected chi connectivity index (χ0v) is 10.5. The summed E-state index contributed by atoms with van der Waals surface area (Å²) in [5.41, 5.74) is -0.429. The number of rotatable bonds is 7. The quantitative estimate of drug-likeness (QED) is 0.657. The summed E-state index contributed by atoms with van der Waals surface area (Å²) in [7, 11) is 0. The molecule has 0 bridgehead atoms. The molecule has 0 saturated carbocycles. The normalized spacial score (nSPS) is 12.1. The Morgan fingerprint density at radius 3 is 3.06 bits per heavy atom. The number of carbonyl (C=O) groups excluding carboxylic acids is 1. The van der Waals surface area contributed by atoms with Crippen molar-refractivity contribution in [3.63, 3.8) is 0 Å². The second kappa shape index (κ2) is 7.60. The van der Waals surface area contributed by atoms with Crippen molar-refractivity contribution in [3.05, 3.63) is 28.9 Å². The van der Waals surface area contributed by atoms with Crippen LogP contribution in [0.3, 0.4) is 0 Å². The van der Waals surface area contributed by atoms with E-state index in [1.54, 1.807) is 6.07 Å². The van der Waals surface area contributed by atoms with E-state index in [4.69, 9.17) is 5.11 Å². The van der Waals surface area contributed by atoms with Gasteiger partial charge in [-0.15, -0.1) is 0 Å². The van der Waals surface area contributed by atoms with Crippen molar-refractivity contribution in [1.82, 2.24) is 14.9 Å². The molecule has 0 aliphatic rings. The van der Waals surface area contributed by atoms with E-state index in [0.717, 1.165) is 12.8 Å². The predicted octanol–water partition coefficient (Wildman–Crippen LogP) is -0.232. The maximum absolute atomic E-state index is 11.5. The number of carbonyl (C=O) groups is 1. The molecule has 0 aliphatic heterocycles. The van der Waals surface area contributed by atoms with E-state index < -0.39 is 5.69 Å². The lowest BCUT2D eigenvalue weighted by Crippen LogP contribution is -2.33. The first-order valence-corrected chi connectivity index (χ1v) is 6.02. The summed E-state index contributed by atoms with van der Waals surface area (Å²) in [5.74, 6) is 0.0459. The van der Waals surface area contributed by atoms with Crippen LogP contribution in [-0.4, -0.2) is 33.7 Å². The molecule has 100 valence electrons. The van der Waals surface area contributed by atoms with Crippen LogP contribution in [-0.2, 0) is 11.3 Å². The van der Waals surface area contributed by atoms with Gasteiger partial charge in [-0.25, -0.2) is 9.78 Å². The maximum atomic E-state index is 11.5. The van der Waals surface area contributed by atoms with E-state index in [1.807, 2.05) is 6.92 Å². The monoisotopic (exact) mass is 253 g/mol. The molecule has 1 unspecified atom stereocenters. The number of aromatic nitrogens is 2. The second-order valence-electron chi connectivity index (χ2n) is 4.31. The highest BCUT2D eigenvalue weighted by Crippen LogP contribution is 2.02. The van der Waals surface area contributed by atoms with Gasteiger partial charge in [0.1, 0.15) is 6.54 Å². The molecule has 18 heavy (non-hydrogen) atoms. The predicted molar refractivity (Wildman–Crippen MR) is 67.0 cm³/mol. The lowest BCUT2D eigenvalue weighted by molar-refractivity contribution is -0.121. The lowest BCUT2D eigenvalue weighted by Gasteiger charge is -2.09. The SMILES string of the molecule is CC(CO)CCCNC(=O)Cn1cccnc1=O. The molecule has 1 atom stereocenters. The standard InChI is InChI=1S/C12H19N3O3/c1-10(9-16)4-2-5-13-11(17)8-15-7-3-6-14-12(15)18/h3,6-7,10,16H,2,4-5,8-9H2,1H3,(H,13,17). The van der Waals surface area contributed by atoms with Gasteiger partial charge in [-0.1, -0.05) is 6.92 Å². The van der Waals surface area contributed by atoms with Crippen LogP contribution in [0.15, 0.2) is 23.3 Å².